The van der Waals surface area contributed by atoms with Crippen molar-refractivity contribution in [3.8, 4) is 0 Å². The number of benzene rings is 1. The normalized spacial score (nSPS) is 25.9. The van der Waals surface area contributed by atoms with Crippen molar-refractivity contribution in [1.82, 2.24) is 19.6 Å². The van der Waals surface area contributed by atoms with Crippen LogP contribution in [0, 0.1) is 0 Å². The number of hydrogen-bond donors (Lipinski definition) is 0. The lowest BCUT2D eigenvalue weighted by Crippen LogP contribution is -2.74. The topological polar surface area (TPSA) is 90.5 Å². The van der Waals surface area contributed by atoms with Crippen molar-refractivity contribution in [2.24, 2.45) is 0 Å². The molecule has 0 N–H and O–H groups in total. The van der Waals surface area contributed by atoms with Crippen LogP contribution in [0.3, 0.4) is 0 Å². The molecular formula is C29H38N4O5. The molecule has 3 heterocycles. The highest BCUT2D eigenvalue weighted by Gasteiger charge is 2.56. The van der Waals surface area contributed by atoms with Crippen LogP contribution in [0.25, 0.3) is 6.08 Å². The van der Waals surface area contributed by atoms with Crippen LogP contribution < -0.4 is 0 Å². The Bertz CT molecular complexity index is 1030. The average Bonchev–Trinajstić information content (AvgIpc) is 3.38. The first-order chi connectivity index (χ1) is 18.6. The molecule has 0 bridgehead atoms. The molecule has 3 amide bonds. The summed E-state index contributed by atoms with van der Waals surface area (Å²) in [5, 5.41) is 0. The fourth-order valence-electron chi connectivity index (χ4n) is 6.40. The number of nitrogens with zero attached hydrogens (tertiary/aromatic N) is 4. The molecule has 1 aromatic carbocycles. The van der Waals surface area contributed by atoms with Crippen molar-refractivity contribution < 1.29 is 23.9 Å². The SMILES string of the molecule is O=CCC[C@@H](C(=O)N1CCN(C2CCCCC2)CC1)N1C(=O)[C@@H](N2CCOC2=O)[C@H]1/C=C/c1ccccc1. The molecule has 9 nitrogen and oxygen atoms in total. The van der Waals surface area contributed by atoms with E-state index in [1.54, 1.807) is 4.90 Å². The van der Waals surface area contributed by atoms with Crippen LogP contribution in [0.2, 0.25) is 0 Å². The minimum absolute atomic E-state index is 0.107. The van der Waals surface area contributed by atoms with Crippen LogP contribution in [0.1, 0.15) is 50.5 Å². The fraction of sp³-hybridized carbons (Fsp3) is 0.586. The van der Waals surface area contributed by atoms with E-state index < -0.39 is 24.2 Å². The molecule has 5 rings (SSSR count). The highest BCUT2D eigenvalue weighted by atomic mass is 16.6. The molecule has 9 heteroatoms. The fourth-order valence-corrected chi connectivity index (χ4v) is 6.40. The first kappa shape index (κ1) is 26.4. The molecule has 3 aliphatic heterocycles. The van der Waals surface area contributed by atoms with E-state index in [4.69, 9.17) is 4.74 Å². The summed E-state index contributed by atoms with van der Waals surface area (Å²) in [5.41, 5.74) is 0.962. The monoisotopic (exact) mass is 522 g/mol. The highest BCUT2D eigenvalue weighted by Crippen LogP contribution is 2.33. The van der Waals surface area contributed by atoms with Crippen molar-refractivity contribution in [3.63, 3.8) is 0 Å². The third kappa shape index (κ3) is 5.48. The third-order valence-corrected chi connectivity index (χ3v) is 8.46. The van der Waals surface area contributed by atoms with E-state index in [9.17, 15) is 19.2 Å². The largest absolute Gasteiger partial charge is 0.448 e. The summed E-state index contributed by atoms with van der Waals surface area (Å²) in [6.45, 7) is 3.52. The molecule has 0 unspecified atom stereocenters. The van der Waals surface area contributed by atoms with Gasteiger partial charge in [-0.05, 0) is 24.8 Å². The molecule has 38 heavy (non-hydrogen) atoms. The number of carbonyl (C=O) groups excluding carboxylic acids is 4. The lowest BCUT2D eigenvalue weighted by atomic mass is 9.88. The number of likely N-dealkylation sites (tertiary alicyclic amines) is 1. The number of piperazine rings is 1. The van der Waals surface area contributed by atoms with Gasteiger partial charge in [-0.15, -0.1) is 0 Å². The second-order valence-electron chi connectivity index (χ2n) is 10.7. The minimum atomic E-state index is -0.741. The summed E-state index contributed by atoms with van der Waals surface area (Å²) in [7, 11) is 0. The zero-order valence-electron chi connectivity index (χ0n) is 22.0. The Morgan fingerprint density at radius 1 is 1.00 bits per heavy atom. The number of rotatable bonds is 9. The van der Waals surface area contributed by atoms with E-state index in [1.807, 2.05) is 47.4 Å². The van der Waals surface area contributed by atoms with Crippen LogP contribution in [-0.2, 0) is 19.1 Å². The number of cyclic esters (lactones) is 1. The van der Waals surface area contributed by atoms with E-state index in [2.05, 4.69) is 4.90 Å². The van der Waals surface area contributed by atoms with Crippen molar-refractivity contribution in [1.29, 1.82) is 0 Å². The predicted molar refractivity (Wildman–Crippen MR) is 142 cm³/mol. The number of ether oxygens (including phenoxy) is 1. The van der Waals surface area contributed by atoms with Crippen LogP contribution in [0.15, 0.2) is 36.4 Å². The van der Waals surface area contributed by atoms with Gasteiger partial charge < -0.3 is 19.3 Å². The van der Waals surface area contributed by atoms with Crippen LogP contribution in [0.4, 0.5) is 4.79 Å². The smallest absolute Gasteiger partial charge is 0.410 e. The second-order valence-corrected chi connectivity index (χ2v) is 10.7. The molecule has 204 valence electrons. The van der Waals surface area contributed by atoms with Gasteiger partial charge >= 0.3 is 6.09 Å². The number of hydrogen-bond acceptors (Lipinski definition) is 6. The number of β-lactam (4-membered cyclic amide) rings is 1. The summed E-state index contributed by atoms with van der Waals surface area (Å²) in [5.74, 6) is -0.374. The molecule has 1 aromatic rings. The first-order valence-electron chi connectivity index (χ1n) is 14.0. The van der Waals surface area contributed by atoms with E-state index in [1.165, 1.54) is 37.0 Å². The lowest BCUT2D eigenvalue weighted by molar-refractivity contribution is -0.165. The molecule has 0 aromatic heterocycles. The summed E-state index contributed by atoms with van der Waals surface area (Å²) in [6.07, 6.45) is 10.9. The zero-order valence-corrected chi connectivity index (χ0v) is 22.0. The molecule has 0 spiro atoms. The van der Waals surface area contributed by atoms with Gasteiger partial charge in [-0.3, -0.25) is 19.4 Å². The average molecular weight is 523 g/mol. The van der Waals surface area contributed by atoms with Gasteiger partial charge in [0, 0.05) is 38.6 Å². The second kappa shape index (κ2) is 12.1. The Morgan fingerprint density at radius 2 is 1.74 bits per heavy atom. The lowest BCUT2D eigenvalue weighted by Gasteiger charge is -2.52. The van der Waals surface area contributed by atoms with Gasteiger partial charge in [0.15, 0.2) is 0 Å². The molecule has 4 aliphatic rings. The summed E-state index contributed by atoms with van der Waals surface area (Å²) in [4.78, 5) is 58.5. The Labute approximate surface area is 224 Å². The Morgan fingerprint density at radius 3 is 2.39 bits per heavy atom. The van der Waals surface area contributed by atoms with E-state index in [0.29, 0.717) is 25.7 Å². The highest BCUT2D eigenvalue weighted by molar-refractivity contribution is 5.98. The molecule has 0 radical (unpaired) electrons. The van der Waals surface area contributed by atoms with Gasteiger partial charge in [0.05, 0.1) is 12.6 Å². The Kier molecular flexibility index (Phi) is 8.42. The maximum Gasteiger partial charge on any atom is 0.410 e. The third-order valence-electron chi connectivity index (χ3n) is 8.46. The maximum absolute atomic E-state index is 13.8. The Balaban J connectivity index is 1.33. The van der Waals surface area contributed by atoms with Crippen molar-refractivity contribution >= 4 is 30.3 Å². The van der Waals surface area contributed by atoms with Gasteiger partial charge in [-0.25, -0.2) is 4.79 Å². The van der Waals surface area contributed by atoms with Gasteiger partial charge in [0.25, 0.3) is 0 Å². The molecular weight excluding hydrogens is 484 g/mol. The zero-order chi connectivity index (χ0) is 26.5. The Hall–Kier alpha value is -3.20. The summed E-state index contributed by atoms with van der Waals surface area (Å²) < 4.78 is 5.11. The van der Waals surface area contributed by atoms with E-state index in [-0.39, 0.29) is 31.3 Å². The number of aldehydes is 1. The van der Waals surface area contributed by atoms with Gasteiger partial charge in [-0.2, -0.15) is 0 Å². The summed E-state index contributed by atoms with van der Waals surface area (Å²) >= 11 is 0. The molecule has 3 saturated heterocycles. The molecule has 3 atom stereocenters. The first-order valence-corrected chi connectivity index (χ1v) is 14.0. The van der Waals surface area contributed by atoms with Crippen LogP contribution in [0.5, 0.6) is 0 Å². The molecule has 4 fully saturated rings. The number of amides is 3. The minimum Gasteiger partial charge on any atom is -0.448 e. The van der Waals surface area contributed by atoms with E-state index in [0.717, 1.165) is 24.9 Å². The molecule has 1 aliphatic carbocycles. The van der Waals surface area contributed by atoms with Gasteiger partial charge in [-0.1, -0.05) is 61.7 Å². The van der Waals surface area contributed by atoms with E-state index >= 15 is 0 Å². The van der Waals surface area contributed by atoms with Crippen molar-refractivity contribution in [2.45, 2.75) is 69.1 Å². The van der Waals surface area contributed by atoms with Crippen LogP contribution >= 0.6 is 0 Å². The molecule has 1 saturated carbocycles. The maximum atomic E-state index is 13.8. The quantitative estimate of drug-likeness (QED) is 0.366. The van der Waals surface area contributed by atoms with Crippen molar-refractivity contribution in [3.05, 3.63) is 42.0 Å². The number of carbonyl (C=O) groups is 4. The van der Waals surface area contributed by atoms with Crippen LogP contribution in [-0.4, -0.2) is 107 Å². The van der Waals surface area contributed by atoms with Gasteiger partial charge in [0.2, 0.25) is 11.8 Å². The van der Waals surface area contributed by atoms with Gasteiger partial charge in [0.1, 0.15) is 25.0 Å². The predicted octanol–water partition coefficient (Wildman–Crippen LogP) is 2.56. The standard InChI is InChI=1S/C29H38N4O5/c34-20-7-12-25(27(35)31-17-15-30(16-18-31)23-10-5-2-6-11-23)33-24(14-13-22-8-3-1-4-9-22)26(28(33)36)32-19-21-38-29(32)37/h1,3-4,8-9,13-14,20,23-26H,2,5-7,10-12,15-19,21H2/b14-13+/t24-,25+,26+/m1/s1. The van der Waals surface area contributed by atoms with Crippen molar-refractivity contribution in [2.75, 3.05) is 39.3 Å². The summed E-state index contributed by atoms with van der Waals surface area (Å²) in [6, 6.07) is 8.40.